The quantitative estimate of drug-likeness (QED) is 0.708. The minimum atomic E-state index is 0.229. The van der Waals surface area contributed by atoms with E-state index < -0.39 is 0 Å². The fraction of sp³-hybridized carbons (Fsp3) is 1.00. The van der Waals surface area contributed by atoms with Gasteiger partial charge in [-0.2, -0.15) is 0 Å². The molecule has 0 spiro atoms. The van der Waals surface area contributed by atoms with Gasteiger partial charge >= 0.3 is 0 Å². The molecule has 1 atom stereocenters. The average Bonchev–Trinajstić information content (AvgIpc) is 2.05. The van der Waals surface area contributed by atoms with Gasteiger partial charge in [-0.3, -0.25) is 4.90 Å². The Morgan fingerprint density at radius 2 is 1.57 bits per heavy atom. The van der Waals surface area contributed by atoms with Crippen LogP contribution in [-0.2, 0) is 0 Å². The maximum Gasteiger partial charge on any atom is 0.0308 e. The smallest absolute Gasteiger partial charge is 0.0308 e. The average molecular weight is 200 g/mol. The Bertz CT molecular complexity index is 148. The SMILES string of the molecule is CCN(CC)C(C)(C)C(NC)C(C)C. The molecule has 0 rings (SSSR count). The number of nitrogens with zero attached hydrogens (tertiary/aromatic N) is 1. The summed E-state index contributed by atoms with van der Waals surface area (Å²) in [6, 6.07) is 0.544. The van der Waals surface area contributed by atoms with Crippen molar-refractivity contribution < 1.29 is 0 Å². The number of hydrogen-bond acceptors (Lipinski definition) is 2. The molecule has 0 bridgehead atoms. The molecule has 0 amide bonds. The molecule has 14 heavy (non-hydrogen) atoms. The highest BCUT2D eigenvalue weighted by molar-refractivity contribution is 4.93. The topological polar surface area (TPSA) is 15.3 Å². The molecule has 0 saturated heterocycles. The second-order valence-electron chi connectivity index (χ2n) is 4.84. The van der Waals surface area contributed by atoms with Crippen LogP contribution in [0, 0.1) is 5.92 Å². The highest BCUT2D eigenvalue weighted by atomic mass is 15.2. The summed E-state index contributed by atoms with van der Waals surface area (Å²) < 4.78 is 0. The summed E-state index contributed by atoms with van der Waals surface area (Å²) in [6.45, 7) is 15.9. The van der Waals surface area contributed by atoms with Crippen LogP contribution >= 0.6 is 0 Å². The third-order valence-corrected chi connectivity index (χ3v) is 3.32. The largest absolute Gasteiger partial charge is 0.315 e. The summed E-state index contributed by atoms with van der Waals surface area (Å²) in [5.74, 6) is 0.663. The summed E-state index contributed by atoms with van der Waals surface area (Å²) in [4.78, 5) is 2.52. The molecule has 2 nitrogen and oxygen atoms in total. The van der Waals surface area contributed by atoms with E-state index in [1.54, 1.807) is 0 Å². The first-order valence-electron chi connectivity index (χ1n) is 5.84. The maximum atomic E-state index is 3.45. The van der Waals surface area contributed by atoms with Gasteiger partial charge in [0.05, 0.1) is 0 Å². The zero-order valence-corrected chi connectivity index (χ0v) is 11.0. The van der Waals surface area contributed by atoms with Gasteiger partial charge in [0.15, 0.2) is 0 Å². The van der Waals surface area contributed by atoms with Crippen LogP contribution < -0.4 is 5.32 Å². The minimum absolute atomic E-state index is 0.229. The van der Waals surface area contributed by atoms with Gasteiger partial charge in [0.1, 0.15) is 0 Å². The van der Waals surface area contributed by atoms with Gasteiger partial charge in [0, 0.05) is 11.6 Å². The molecule has 0 heterocycles. The molecule has 2 heteroatoms. The number of nitrogens with one attached hydrogen (secondary N) is 1. The molecule has 0 aliphatic carbocycles. The molecule has 0 fully saturated rings. The molecule has 86 valence electrons. The van der Waals surface area contributed by atoms with E-state index in [-0.39, 0.29) is 5.54 Å². The van der Waals surface area contributed by atoms with Gasteiger partial charge in [0.25, 0.3) is 0 Å². The molecule has 0 saturated carbocycles. The van der Waals surface area contributed by atoms with Crippen molar-refractivity contribution in [1.82, 2.24) is 10.2 Å². The lowest BCUT2D eigenvalue weighted by atomic mass is 9.84. The lowest BCUT2D eigenvalue weighted by molar-refractivity contribution is 0.0754. The van der Waals surface area contributed by atoms with E-state index in [0.717, 1.165) is 13.1 Å². The van der Waals surface area contributed by atoms with Gasteiger partial charge in [-0.15, -0.1) is 0 Å². The van der Waals surface area contributed by atoms with E-state index in [9.17, 15) is 0 Å². The summed E-state index contributed by atoms with van der Waals surface area (Å²) in [7, 11) is 2.07. The Morgan fingerprint density at radius 1 is 1.14 bits per heavy atom. The van der Waals surface area contributed by atoms with Crippen molar-refractivity contribution in [1.29, 1.82) is 0 Å². The third-order valence-electron chi connectivity index (χ3n) is 3.32. The molecule has 1 N–H and O–H groups in total. The maximum absolute atomic E-state index is 3.45. The predicted molar refractivity (Wildman–Crippen MR) is 64.7 cm³/mol. The van der Waals surface area contributed by atoms with Crippen LogP contribution in [0.3, 0.4) is 0 Å². The monoisotopic (exact) mass is 200 g/mol. The molecule has 0 aliphatic rings. The molecule has 0 radical (unpaired) electrons. The first-order valence-corrected chi connectivity index (χ1v) is 5.84. The van der Waals surface area contributed by atoms with Gasteiger partial charge in [0.2, 0.25) is 0 Å². The Hall–Kier alpha value is -0.0800. The van der Waals surface area contributed by atoms with Gasteiger partial charge in [-0.1, -0.05) is 27.7 Å². The molecule has 0 aromatic carbocycles. The Kier molecular flexibility index (Phi) is 5.68. The lowest BCUT2D eigenvalue weighted by Crippen LogP contribution is -2.59. The van der Waals surface area contributed by atoms with Crippen LogP contribution in [0.15, 0.2) is 0 Å². The zero-order chi connectivity index (χ0) is 11.4. The van der Waals surface area contributed by atoms with Crippen LogP contribution in [0.1, 0.15) is 41.5 Å². The van der Waals surface area contributed by atoms with E-state index in [4.69, 9.17) is 0 Å². The number of likely N-dealkylation sites (N-methyl/N-ethyl adjacent to an activating group) is 2. The second kappa shape index (κ2) is 5.72. The van der Waals surface area contributed by atoms with Crippen LogP contribution in [0.25, 0.3) is 0 Å². The fourth-order valence-corrected chi connectivity index (χ4v) is 2.74. The van der Waals surface area contributed by atoms with Crippen molar-refractivity contribution >= 4 is 0 Å². The van der Waals surface area contributed by atoms with E-state index in [0.29, 0.717) is 12.0 Å². The van der Waals surface area contributed by atoms with Gasteiger partial charge in [-0.05, 0) is 39.9 Å². The first-order chi connectivity index (χ1) is 6.41. The molecule has 0 aliphatic heterocycles. The molecule has 0 aromatic heterocycles. The van der Waals surface area contributed by atoms with E-state index in [2.05, 4.69) is 58.8 Å². The number of rotatable bonds is 6. The van der Waals surface area contributed by atoms with Crippen molar-refractivity contribution in [2.45, 2.75) is 53.1 Å². The lowest BCUT2D eigenvalue weighted by Gasteiger charge is -2.45. The van der Waals surface area contributed by atoms with Crippen LogP contribution in [-0.4, -0.2) is 36.6 Å². The summed E-state index contributed by atoms with van der Waals surface area (Å²) >= 11 is 0. The van der Waals surface area contributed by atoms with Crippen LogP contribution in [0.5, 0.6) is 0 Å². The van der Waals surface area contributed by atoms with E-state index in [1.807, 2.05) is 0 Å². The van der Waals surface area contributed by atoms with Crippen molar-refractivity contribution in [2.75, 3.05) is 20.1 Å². The minimum Gasteiger partial charge on any atom is -0.315 e. The normalized spacial score (nSPS) is 15.2. The Labute approximate surface area is 90.1 Å². The van der Waals surface area contributed by atoms with Crippen LogP contribution in [0.2, 0.25) is 0 Å². The van der Waals surface area contributed by atoms with E-state index in [1.165, 1.54) is 0 Å². The standard InChI is InChI=1S/C12H28N2/c1-8-14(9-2)12(5,6)11(13-7)10(3)4/h10-11,13H,8-9H2,1-7H3. The molecular weight excluding hydrogens is 172 g/mol. The van der Waals surface area contributed by atoms with Crippen molar-refractivity contribution in [3.63, 3.8) is 0 Å². The van der Waals surface area contributed by atoms with Gasteiger partial charge in [-0.25, -0.2) is 0 Å². The summed E-state index contributed by atoms with van der Waals surface area (Å²) in [5, 5.41) is 3.45. The highest BCUT2D eigenvalue weighted by Gasteiger charge is 2.34. The van der Waals surface area contributed by atoms with Crippen molar-refractivity contribution in [3.05, 3.63) is 0 Å². The summed E-state index contributed by atoms with van der Waals surface area (Å²) in [6.07, 6.45) is 0. The predicted octanol–water partition coefficient (Wildman–Crippen LogP) is 2.35. The van der Waals surface area contributed by atoms with Gasteiger partial charge < -0.3 is 5.32 Å². The van der Waals surface area contributed by atoms with Crippen molar-refractivity contribution in [2.24, 2.45) is 5.92 Å². The Morgan fingerprint density at radius 3 is 1.79 bits per heavy atom. The fourth-order valence-electron chi connectivity index (χ4n) is 2.74. The summed E-state index contributed by atoms with van der Waals surface area (Å²) in [5.41, 5.74) is 0.229. The van der Waals surface area contributed by atoms with Crippen LogP contribution in [0.4, 0.5) is 0 Å². The second-order valence-corrected chi connectivity index (χ2v) is 4.84. The molecule has 0 aromatic rings. The molecule has 1 unspecified atom stereocenters. The first kappa shape index (κ1) is 13.9. The van der Waals surface area contributed by atoms with E-state index >= 15 is 0 Å². The highest BCUT2D eigenvalue weighted by Crippen LogP contribution is 2.23. The zero-order valence-electron chi connectivity index (χ0n) is 11.0. The number of hydrogen-bond donors (Lipinski definition) is 1. The van der Waals surface area contributed by atoms with Crippen molar-refractivity contribution in [3.8, 4) is 0 Å². The molecular formula is C12H28N2. The Balaban J connectivity index is 4.69. The third kappa shape index (κ3) is 2.96.